The summed E-state index contributed by atoms with van der Waals surface area (Å²) in [7, 11) is 1.58. The van der Waals surface area contributed by atoms with Crippen LogP contribution in [-0.2, 0) is 19.1 Å². The van der Waals surface area contributed by atoms with E-state index in [-0.39, 0.29) is 36.9 Å². The van der Waals surface area contributed by atoms with Gasteiger partial charge in [0, 0.05) is 24.8 Å². The number of hydrogen-bond acceptors (Lipinski definition) is 6. The molecule has 3 rings (SSSR count). The first kappa shape index (κ1) is 27.7. The third kappa shape index (κ3) is 6.27. The number of allylic oxidation sites excluding steroid dienone is 1. The van der Waals surface area contributed by atoms with Crippen molar-refractivity contribution >= 4 is 23.5 Å². The molecule has 5 atom stereocenters. The monoisotopic (exact) mass is 500 g/mol. The molecule has 1 aromatic rings. The van der Waals surface area contributed by atoms with Crippen molar-refractivity contribution in [3.8, 4) is 5.75 Å². The summed E-state index contributed by atoms with van der Waals surface area (Å²) in [5.74, 6) is -1.80. The van der Waals surface area contributed by atoms with Gasteiger partial charge in [0.1, 0.15) is 11.8 Å². The van der Waals surface area contributed by atoms with Gasteiger partial charge in [-0.25, -0.2) is 0 Å². The zero-order valence-electron chi connectivity index (χ0n) is 21.7. The largest absolute Gasteiger partial charge is 0.497 e. The van der Waals surface area contributed by atoms with Crippen molar-refractivity contribution in [2.45, 2.75) is 58.4 Å². The molecule has 0 spiro atoms. The van der Waals surface area contributed by atoms with E-state index in [9.17, 15) is 14.4 Å². The van der Waals surface area contributed by atoms with Crippen LogP contribution in [0.1, 0.15) is 52.4 Å². The first-order chi connectivity index (χ1) is 17.5. The molecular formula is C28H40N2O6. The number of nitrogens with one attached hydrogen (secondary N) is 1. The van der Waals surface area contributed by atoms with Gasteiger partial charge in [0.2, 0.25) is 11.8 Å². The number of aliphatic hydroxyl groups excluding tert-OH is 1. The van der Waals surface area contributed by atoms with Crippen molar-refractivity contribution < 1.29 is 29.0 Å². The minimum Gasteiger partial charge on any atom is -0.497 e. The maximum atomic E-state index is 13.8. The summed E-state index contributed by atoms with van der Waals surface area (Å²) >= 11 is 0. The highest BCUT2D eigenvalue weighted by molar-refractivity contribution is 6.01. The predicted octanol–water partition coefficient (Wildman–Crippen LogP) is 3.80. The lowest BCUT2D eigenvalue weighted by Gasteiger charge is -2.33. The van der Waals surface area contributed by atoms with Gasteiger partial charge in [-0.3, -0.25) is 14.4 Å². The molecular weight excluding hydrogens is 460 g/mol. The lowest BCUT2D eigenvalue weighted by Crippen LogP contribution is -2.44. The lowest BCUT2D eigenvalue weighted by molar-refractivity contribution is -0.155. The first-order valence-electron chi connectivity index (χ1n) is 13.2. The van der Waals surface area contributed by atoms with E-state index in [0.717, 1.165) is 32.1 Å². The van der Waals surface area contributed by atoms with E-state index in [1.54, 1.807) is 43.2 Å². The van der Waals surface area contributed by atoms with Crippen LogP contribution in [0.25, 0.3) is 0 Å². The van der Waals surface area contributed by atoms with Crippen LogP contribution in [0.3, 0.4) is 0 Å². The van der Waals surface area contributed by atoms with Gasteiger partial charge >= 0.3 is 5.97 Å². The molecule has 2 N–H and O–H groups in total. The fourth-order valence-corrected chi connectivity index (χ4v) is 5.55. The van der Waals surface area contributed by atoms with Gasteiger partial charge in [-0.1, -0.05) is 38.3 Å². The zero-order chi connectivity index (χ0) is 26.1. The number of fused-ring (bicyclic) bond motifs is 1. The molecule has 0 saturated carbocycles. The van der Waals surface area contributed by atoms with Crippen LogP contribution < -0.4 is 10.1 Å². The third-order valence-electron chi connectivity index (χ3n) is 7.23. The number of carbonyl (C=O) groups is 3. The molecule has 2 aliphatic rings. The van der Waals surface area contributed by atoms with Crippen molar-refractivity contribution in [3.05, 3.63) is 36.4 Å². The number of aliphatic hydroxyl groups is 1. The molecule has 36 heavy (non-hydrogen) atoms. The molecule has 1 aliphatic carbocycles. The molecule has 1 aromatic carbocycles. The average Bonchev–Trinajstić information content (AvgIpc) is 3.16. The summed E-state index contributed by atoms with van der Waals surface area (Å²) in [5, 5.41) is 12.0. The highest BCUT2D eigenvalue weighted by atomic mass is 16.5. The summed E-state index contributed by atoms with van der Waals surface area (Å²) < 4.78 is 10.6. The number of rotatable bonds is 13. The second kappa shape index (κ2) is 13.4. The Labute approximate surface area is 214 Å². The van der Waals surface area contributed by atoms with Gasteiger partial charge in [0.25, 0.3) is 0 Å². The molecule has 0 aromatic heterocycles. The van der Waals surface area contributed by atoms with E-state index in [1.807, 2.05) is 12.2 Å². The number of carbonyl (C=O) groups excluding carboxylic acids is 3. The highest BCUT2D eigenvalue weighted by Gasteiger charge is 2.57. The van der Waals surface area contributed by atoms with Crippen LogP contribution in [0, 0.1) is 23.7 Å². The van der Waals surface area contributed by atoms with Crippen LogP contribution >= 0.6 is 0 Å². The molecule has 8 nitrogen and oxygen atoms in total. The number of benzene rings is 1. The molecule has 0 bridgehead atoms. The van der Waals surface area contributed by atoms with Crippen molar-refractivity contribution in [2.75, 3.05) is 32.2 Å². The van der Waals surface area contributed by atoms with Gasteiger partial charge < -0.3 is 24.8 Å². The number of likely N-dealkylation sites (tertiary alicyclic amines) is 1. The number of anilines is 1. The summed E-state index contributed by atoms with van der Waals surface area (Å²) in [6.45, 7) is 4.65. The second-order valence-electron chi connectivity index (χ2n) is 9.55. The normalized spacial score (nSPS) is 24.9. The van der Waals surface area contributed by atoms with Crippen LogP contribution in [0.15, 0.2) is 36.4 Å². The second-order valence-corrected chi connectivity index (χ2v) is 9.55. The molecule has 1 fully saturated rings. The third-order valence-corrected chi connectivity index (χ3v) is 7.23. The first-order valence-corrected chi connectivity index (χ1v) is 13.2. The number of methoxy groups -OCH3 is 1. The van der Waals surface area contributed by atoms with E-state index in [2.05, 4.69) is 12.2 Å². The van der Waals surface area contributed by atoms with E-state index in [4.69, 9.17) is 14.6 Å². The number of amides is 2. The van der Waals surface area contributed by atoms with Gasteiger partial charge in [0.15, 0.2) is 0 Å². The Morgan fingerprint density at radius 3 is 2.42 bits per heavy atom. The lowest BCUT2D eigenvalue weighted by atomic mass is 9.69. The van der Waals surface area contributed by atoms with Gasteiger partial charge in [-0.15, -0.1) is 0 Å². The molecule has 1 heterocycles. The number of nitrogens with zero attached hydrogens (tertiary/aromatic N) is 1. The maximum Gasteiger partial charge on any atom is 0.310 e. The minimum absolute atomic E-state index is 0.0888. The standard InChI is InChI=1S/C28H40N2O6/c1-4-10-19-11-16-22-24(23(19)28(34)36-5-2)27(33)30(17-8-6-7-9-18-31)25(22)26(32)29-20-12-14-21(35-3)15-13-20/h11-16,19,22-25,31H,4-10,17-18H2,1-3H3,(H,29,32)/t19-,22+,23-,24-,25+/m1/s1. The maximum absolute atomic E-state index is 13.8. The Balaban J connectivity index is 1.89. The van der Waals surface area contributed by atoms with Crippen molar-refractivity contribution in [2.24, 2.45) is 23.7 Å². The topological polar surface area (TPSA) is 105 Å². The van der Waals surface area contributed by atoms with Crippen LogP contribution in [0.4, 0.5) is 5.69 Å². The van der Waals surface area contributed by atoms with Gasteiger partial charge in [-0.2, -0.15) is 0 Å². The van der Waals surface area contributed by atoms with E-state index in [1.165, 1.54) is 0 Å². The predicted molar refractivity (Wildman–Crippen MR) is 137 cm³/mol. The molecule has 198 valence electrons. The van der Waals surface area contributed by atoms with Crippen LogP contribution in [0.2, 0.25) is 0 Å². The van der Waals surface area contributed by atoms with Crippen molar-refractivity contribution in [3.63, 3.8) is 0 Å². The summed E-state index contributed by atoms with van der Waals surface area (Å²) in [6.07, 6.45) is 8.80. The Kier molecular flexibility index (Phi) is 10.3. The zero-order valence-corrected chi connectivity index (χ0v) is 21.7. The van der Waals surface area contributed by atoms with Gasteiger partial charge in [0.05, 0.1) is 25.6 Å². The van der Waals surface area contributed by atoms with Crippen molar-refractivity contribution in [1.29, 1.82) is 0 Å². The van der Waals surface area contributed by atoms with E-state index >= 15 is 0 Å². The summed E-state index contributed by atoms with van der Waals surface area (Å²) in [5.41, 5.74) is 0.616. The Bertz CT molecular complexity index is 915. The fourth-order valence-electron chi connectivity index (χ4n) is 5.55. The molecule has 1 aliphatic heterocycles. The van der Waals surface area contributed by atoms with E-state index in [0.29, 0.717) is 24.4 Å². The number of esters is 1. The molecule has 1 saturated heterocycles. The number of unbranched alkanes of at least 4 members (excludes halogenated alkanes) is 3. The summed E-state index contributed by atoms with van der Waals surface area (Å²) in [4.78, 5) is 42.2. The fraction of sp³-hybridized carbons (Fsp3) is 0.607. The Morgan fingerprint density at radius 1 is 1.06 bits per heavy atom. The quantitative estimate of drug-likeness (QED) is 0.243. The Morgan fingerprint density at radius 2 is 1.78 bits per heavy atom. The smallest absolute Gasteiger partial charge is 0.310 e. The van der Waals surface area contributed by atoms with Crippen molar-refractivity contribution in [1.82, 2.24) is 4.90 Å². The van der Waals surface area contributed by atoms with Crippen LogP contribution in [0.5, 0.6) is 5.75 Å². The van der Waals surface area contributed by atoms with Gasteiger partial charge in [-0.05, 0) is 56.4 Å². The number of ether oxygens (including phenoxy) is 2. The molecule has 8 heteroatoms. The highest BCUT2D eigenvalue weighted by Crippen LogP contribution is 2.46. The average molecular weight is 501 g/mol. The van der Waals surface area contributed by atoms with E-state index < -0.39 is 23.8 Å². The minimum atomic E-state index is -0.710. The molecule has 0 unspecified atom stereocenters. The summed E-state index contributed by atoms with van der Waals surface area (Å²) in [6, 6.07) is 6.35. The Hall–Kier alpha value is -2.87. The van der Waals surface area contributed by atoms with Crippen LogP contribution in [-0.4, -0.2) is 60.7 Å². The number of hydrogen-bond donors (Lipinski definition) is 2. The molecule has 2 amide bonds. The SMILES string of the molecule is CCC[C@@H]1C=C[C@H]2[C@@H](C(=O)N(CCCCCCO)[C@@H]2C(=O)Nc2ccc(OC)cc2)[C@@H]1C(=O)OCC. The molecule has 0 radical (unpaired) electrons.